The molecule has 2 fully saturated rings. The number of thioether (sulfide) groups is 1. The summed E-state index contributed by atoms with van der Waals surface area (Å²) in [5.41, 5.74) is 1.06. The first kappa shape index (κ1) is 17.3. The molecule has 3 heterocycles. The number of amides is 2. The monoisotopic (exact) mass is 369 g/mol. The summed E-state index contributed by atoms with van der Waals surface area (Å²) in [6, 6.07) is 10.1. The molecule has 1 aromatic heterocycles. The second kappa shape index (κ2) is 7.27. The van der Waals surface area contributed by atoms with Crippen LogP contribution in [-0.4, -0.2) is 57.4 Å². The van der Waals surface area contributed by atoms with Crippen LogP contribution in [0.15, 0.2) is 36.5 Å². The molecule has 136 valence electrons. The van der Waals surface area contributed by atoms with Crippen LogP contribution in [0.25, 0.3) is 10.8 Å². The van der Waals surface area contributed by atoms with Crippen molar-refractivity contribution in [2.75, 3.05) is 24.7 Å². The van der Waals surface area contributed by atoms with E-state index >= 15 is 0 Å². The summed E-state index contributed by atoms with van der Waals surface area (Å²) >= 11 is 1.65. The van der Waals surface area contributed by atoms with Gasteiger partial charge in [-0.1, -0.05) is 24.3 Å². The van der Waals surface area contributed by atoms with Gasteiger partial charge in [0.2, 0.25) is 11.8 Å². The van der Waals surface area contributed by atoms with E-state index in [9.17, 15) is 9.59 Å². The molecule has 26 heavy (non-hydrogen) atoms. The summed E-state index contributed by atoms with van der Waals surface area (Å²) in [7, 11) is 0. The average molecular weight is 369 g/mol. The fraction of sp³-hybridized carbons (Fsp3) is 0.450. The molecule has 1 aromatic carbocycles. The molecule has 5 nitrogen and oxygen atoms in total. The molecule has 2 aliphatic heterocycles. The normalized spacial score (nSPS) is 23.4. The van der Waals surface area contributed by atoms with Gasteiger partial charge in [-0.15, -0.1) is 11.8 Å². The molecular weight excluding hydrogens is 346 g/mol. The van der Waals surface area contributed by atoms with Crippen molar-refractivity contribution in [3.63, 3.8) is 0 Å². The molecule has 4 rings (SSSR count). The van der Waals surface area contributed by atoms with Crippen molar-refractivity contribution in [2.45, 2.75) is 31.7 Å². The van der Waals surface area contributed by atoms with Crippen LogP contribution in [-0.2, 0) is 9.59 Å². The van der Waals surface area contributed by atoms with Crippen LogP contribution in [0.2, 0.25) is 0 Å². The highest BCUT2D eigenvalue weighted by Crippen LogP contribution is 2.30. The minimum absolute atomic E-state index is 0.0156. The largest absolute Gasteiger partial charge is 0.340 e. The van der Waals surface area contributed by atoms with Gasteiger partial charge in [0, 0.05) is 49.0 Å². The number of likely N-dealkylation sites (tertiary alicyclic amines) is 1. The van der Waals surface area contributed by atoms with Crippen molar-refractivity contribution in [3.8, 4) is 0 Å². The van der Waals surface area contributed by atoms with Gasteiger partial charge in [-0.25, -0.2) is 0 Å². The van der Waals surface area contributed by atoms with Gasteiger partial charge in [0.25, 0.3) is 0 Å². The lowest BCUT2D eigenvalue weighted by atomic mass is 9.93. The Labute approximate surface area is 157 Å². The first-order valence-electron chi connectivity index (χ1n) is 9.12. The first-order chi connectivity index (χ1) is 12.6. The third kappa shape index (κ3) is 3.30. The fourth-order valence-electron chi connectivity index (χ4n) is 3.91. The number of aromatic nitrogens is 1. The first-order valence-corrected chi connectivity index (χ1v) is 10.3. The van der Waals surface area contributed by atoms with Gasteiger partial charge in [-0.2, -0.15) is 0 Å². The summed E-state index contributed by atoms with van der Waals surface area (Å²) in [6.07, 6.45) is 3.95. The highest BCUT2D eigenvalue weighted by atomic mass is 32.2. The van der Waals surface area contributed by atoms with Crippen LogP contribution >= 0.6 is 11.8 Å². The van der Waals surface area contributed by atoms with Crippen LogP contribution in [0, 0.1) is 0 Å². The molecule has 0 bridgehead atoms. The standard InChI is InChI=1S/C20H23N3O2S/c1-14(24)23-13-26-12-19(23)20(25)22-8-4-7-17(11-22)18-9-15-5-2-3-6-16(15)10-21-18/h2-3,5-6,9-10,17,19H,4,7-8,11-13H2,1H3/t17-,19+/m0/s1. The van der Waals surface area contributed by atoms with E-state index in [1.165, 1.54) is 5.39 Å². The molecular formula is C20H23N3O2S. The third-order valence-electron chi connectivity index (χ3n) is 5.38. The number of piperidine rings is 1. The smallest absolute Gasteiger partial charge is 0.246 e. The summed E-state index contributed by atoms with van der Waals surface area (Å²) in [4.78, 5) is 33.1. The number of carbonyl (C=O) groups excluding carboxylic acids is 2. The predicted molar refractivity (Wildman–Crippen MR) is 104 cm³/mol. The van der Waals surface area contributed by atoms with E-state index in [0.717, 1.165) is 30.5 Å². The molecule has 2 aliphatic rings. The van der Waals surface area contributed by atoms with E-state index in [1.54, 1.807) is 23.6 Å². The van der Waals surface area contributed by atoms with Crippen LogP contribution in [0.1, 0.15) is 31.4 Å². The second-order valence-electron chi connectivity index (χ2n) is 7.08. The molecule has 0 N–H and O–H groups in total. The number of fused-ring (bicyclic) bond motifs is 1. The predicted octanol–water partition coefficient (Wildman–Crippen LogP) is 2.86. The van der Waals surface area contributed by atoms with Gasteiger partial charge >= 0.3 is 0 Å². The number of benzene rings is 1. The molecule has 0 unspecified atom stereocenters. The van der Waals surface area contributed by atoms with Crippen LogP contribution in [0.4, 0.5) is 0 Å². The Morgan fingerprint density at radius 3 is 2.85 bits per heavy atom. The zero-order valence-corrected chi connectivity index (χ0v) is 15.7. The fourth-order valence-corrected chi connectivity index (χ4v) is 5.12. The summed E-state index contributed by atoms with van der Waals surface area (Å²) in [5.74, 6) is 1.66. The van der Waals surface area contributed by atoms with E-state index in [0.29, 0.717) is 18.2 Å². The van der Waals surface area contributed by atoms with Crippen molar-refractivity contribution < 1.29 is 9.59 Å². The van der Waals surface area contributed by atoms with Gasteiger partial charge in [0.1, 0.15) is 6.04 Å². The molecule has 0 spiro atoms. The highest BCUT2D eigenvalue weighted by Gasteiger charge is 2.37. The Balaban J connectivity index is 1.51. The summed E-state index contributed by atoms with van der Waals surface area (Å²) in [5, 5.41) is 2.33. The van der Waals surface area contributed by atoms with E-state index in [2.05, 4.69) is 23.2 Å². The maximum Gasteiger partial charge on any atom is 0.246 e. The lowest BCUT2D eigenvalue weighted by molar-refractivity contribution is -0.143. The molecule has 6 heteroatoms. The molecule has 0 saturated carbocycles. The third-order valence-corrected chi connectivity index (χ3v) is 6.39. The Hall–Kier alpha value is -2.08. The number of pyridine rings is 1. The number of rotatable bonds is 2. The summed E-state index contributed by atoms with van der Waals surface area (Å²) < 4.78 is 0. The molecule has 2 atom stereocenters. The van der Waals surface area contributed by atoms with E-state index in [-0.39, 0.29) is 23.8 Å². The maximum absolute atomic E-state index is 13.0. The van der Waals surface area contributed by atoms with E-state index < -0.39 is 0 Å². The van der Waals surface area contributed by atoms with Crippen molar-refractivity contribution in [3.05, 3.63) is 42.2 Å². The lowest BCUT2D eigenvalue weighted by Gasteiger charge is -2.35. The maximum atomic E-state index is 13.0. The van der Waals surface area contributed by atoms with Gasteiger partial charge < -0.3 is 9.80 Å². The molecule has 2 saturated heterocycles. The van der Waals surface area contributed by atoms with E-state index in [1.807, 2.05) is 23.2 Å². The van der Waals surface area contributed by atoms with Crippen molar-refractivity contribution in [1.29, 1.82) is 0 Å². The highest BCUT2D eigenvalue weighted by molar-refractivity contribution is 7.99. The van der Waals surface area contributed by atoms with Gasteiger partial charge in [0.05, 0.1) is 5.88 Å². The number of carbonyl (C=O) groups is 2. The van der Waals surface area contributed by atoms with Gasteiger partial charge in [-0.05, 0) is 24.3 Å². The number of hydrogen-bond donors (Lipinski definition) is 0. The molecule has 0 aliphatic carbocycles. The van der Waals surface area contributed by atoms with Crippen LogP contribution < -0.4 is 0 Å². The zero-order valence-electron chi connectivity index (χ0n) is 14.9. The SMILES string of the molecule is CC(=O)N1CSC[C@@H]1C(=O)N1CCC[C@H](c2cc3ccccc3cn2)C1. The molecule has 0 radical (unpaired) electrons. The Kier molecular flexibility index (Phi) is 4.85. The number of nitrogens with zero attached hydrogens (tertiary/aromatic N) is 3. The van der Waals surface area contributed by atoms with Crippen molar-refractivity contribution >= 4 is 34.3 Å². The molecule has 2 aromatic rings. The van der Waals surface area contributed by atoms with Crippen molar-refractivity contribution in [1.82, 2.24) is 14.8 Å². The average Bonchev–Trinajstić information content (AvgIpc) is 3.17. The number of hydrogen-bond acceptors (Lipinski definition) is 4. The van der Waals surface area contributed by atoms with Crippen molar-refractivity contribution in [2.24, 2.45) is 0 Å². The quantitative estimate of drug-likeness (QED) is 0.817. The lowest BCUT2D eigenvalue weighted by Crippen LogP contribution is -2.50. The van der Waals surface area contributed by atoms with Gasteiger partial charge in [-0.3, -0.25) is 14.6 Å². The Bertz CT molecular complexity index is 841. The zero-order chi connectivity index (χ0) is 18.1. The Morgan fingerprint density at radius 2 is 2.04 bits per heavy atom. The Morgan fingerprint density at radius 1 is 1.23 bits per heavy atom. The van der Waals surface area contributed by atoms with Crippen LogP contribution in [0.5, 0.6) is 0 Å². The summed E-state index contributed by atoms with van der Waals surface area (Å²) in [6.45, 7) is 3.01. The minimum atomic E-state index is -0.305. The minimum Gasteiger partial charge on any atom is -0.340 e. The van der Waals surface area contributed by atoms with Crippen LogP contribution in [0.3, 0.4) is 0 Å². The molecule has 2 amide bonds. The van der Waals surface area contributed by atoms with Gasteiger partial charge in [0.15, 0.2) is 0 Å². The van der Waals surface area contributed by atoms with E-state index in [4.69, 9.17) is 0 Å². The topological polar surface area (TPSA) is 53.5 Å². The second-order valence-corrected chi connectivity index (χ2v) is 8.08.